The number of thioether (sulfide) groups is 1. The highest BCUT2D eigenvalue weighted by atomic mass is 79.9. The smallest absolute Gasteiger partial charge is 0.250 e. The van der Waals surface area contributed by atoms with Crippen molar-refractivity contribution in [3.05, 3.63) is 34.3 Å². The first-order valence-electron chi connectivity index (χ1n) is 6.41. The van der Waals surface area contributed by atoms with Crippen LogP contribution < -0.4 is 10.1 Å². The van der Waals surface area contributed by atoms with E-state index >= 15 is 0 Å². The van der Waals surface area contributed by atoms with Crippen LogP contribution in [0.1, 0.15) is 12.5 Å². The van der Waals surface area contributed by atoms with Crippen molar-refractivity contribution in [2.75, 3.05) is 18.2 Å². The van der Waals surface area contributed by atoms with Gasteiger partial charge in [-0.3, -0.25) is 10.1 Å². The van der Waals surface area contributed by atoms with Crippen molar-refractivity contribution < 1.29 is 9.53 Å². The molecule has 0 aliphatic carbocycles. The van der Waals surface area contributed by atoms with Gasteiger partial charge in [-0.05, 0) is 37.5 Å². The highest BCUT2D eigenvalue weighted by molar-refractivity contribution is 9.10. The molecule has 1 N–H and O–H groups in total. The molecule has 2 aromatic rings. The molecule has 0 aliphatic heterocycles. The van der Waals surface area contributed by atoms with Gasteiger partial charge >= 0.3 is 0 Å². The third kappa shape index (κ3) is 4.82. The highest BCUT2D eigenvalue weighted by Gasteiger charge is 2.06. The minimum absolute atomic E-state index is 0.258. The Balaban J connectivity index is 2.07. The molecule has 1 amide bonds. The second kappa shape index (κ2) is 8.30. The second-order valence-corrected chi connectivity index (χ2v) is 6.96. The lowest BCUT2D eigenvalue weighted by molar-refractivity contribution is -0.111. The number of aromatic nitrogens is 2. The van der Waals surface area contributed by atoms with Crippen LogP contribution >= 0.6 is 39.0 Å². The van der Waals surface area contributed by atoms with Crippen LogP contribution in [0, 0.1) is 0 Å². The number of carbonyl (C=O) groups is 1. The standard InChI is InChI=1S/C14H14BrN3O2S2/c1-3-20-11-6-5-10(15)8-9(11)4-7-12(19)16-13-17-18-14(21-2)22-13/h4-8H,3H2,1-2H3,(H,16,17,19)/b7-4+. The maximum absolute atomic E-state index is 11.9. The quantitative estimate of drug-likeness (QED) is 0.450. The van der Waals surface area contributed by atoms with Gasteiger partial charge in [0.2, 0.25) is 11.0 Å². The summed E-state index contributed by atoms with van der Waals surface area (Å²) in [6.07, 6.45) is 5.07. The molecule has 22 heavy (non-hydrogen) atoms. The molecule has 1 aromatic heterocycles. The molecular weight excluding hydrogens is 386 g/mol. The zero-order valence-electron chi connectivity index (χ0n) is 12.0. The number of amides is 1. The fourth-order valence-electron chi connectivity index (χ4n) is 1.59. The van der Waals surface area contributed by atoms with Gasteiger partial charge in [0.1, 0.15) is 5.75 Å². The van der Waals surface area contributed by atoms with Gasteiger partial charge < -0.3 is 4.74 Å². The summed E-state index contributed by atoms with van der Waals surface area (Å²) >= 11 is 6.24. The Bertz CT molecular complexity index is 688. The van der Waals surface area contributed by atoms with Crippen LogP contribution in [0.15, 0.2) is 33.1 Å². The van der Waals surface area contributed by atoms with Crippen molar-refractivity contribution in [1.29, 1.82) is 0 Å². The van der Waals surface area contributed by atoms with Crippen molar-refractivity contribution >= 4 is 56.1 Å². The molecule has 0 fully saturated rings. The largest absolute Gasteiger partial charge is 0.493 e. The number of hydrogen-bond acceptors (Lipinski definition) is 6. The van der Waals surface area contributed by atoms with Crippen LogP contribution in [0.25, 0.3) is 6.08 Å². The molecule has 8 heteroatoms. The zero-order valence-corrected chi connectivity index (χ0v) is 15.2. The monoisotopic (exact) mass is 399 g/mol. The Labute approximate surface area is 145 Å². The third-order valence-corrected chi connectivity index (χ3v) is 4.80. The van der Waals surface area contributed by atoms with E-state index in [0.29, 0.717) is 11.7 Å². The number of ether oxygens (including phenoxy) is 1. The van der Waals surface area contributed by atoms with E-state index in [1.54, 1.807) is 6.08 Å². The summed E-state index contributed by atoms with van der Waals surface area (Å²) < 4.78 is 7.26. The number of halogens is 1. The van der Waals surface area contributed by atoms with Gasteiger partial charge in [-0.1, -0.05) is 39.0 Å². The van der Waals surface area contributed by atoms with E-state index in [2.05, 4.69) is 31.4 Å². The molecule has 0 bridgehead atoms. The molecular formula is C14H14BrN3O2S2. The second-order valence-electron chi connectivity index (χ2n) is 4.01. The summed E-state index contributed by atoms with van der Waals surface area (Å²) in [7, 11) is 0. The normalized spacial score (nSPS) is 10.9. The maximum Gasteiger partial charge on any atom is 0.250 e. The predicted molar refractivity (Wildman–Crippen MR) is 94.7 cm³/mol. The molecule has 1 heterocycles. The zero-order chi connectivity index (χ0) is 15.9. The Morgan fingerprint density at radius 3 is 3.00 bits per heavy atom. The predicted octanol–water partition coefficient (Wildman–Crippen LogP) is 4.07. The first-order valence-corrected chi connectivity index (χ1v) is 9.24. The summed E-state index contributed by atoms with van der Waals surface area (Å²) in [4.78, 5) is 11.9. The fraction of sp³-hybridized carbons (Fsp3) is 0.214. The first-order chi connectivity index (χ1) is 10.6. The van der Waals surface area contributed by atoms with Gasteiger partial charge in [-0.15, -0.1) is 10.2 Å². The number of nitrogens with zero attached hydrogens (tertiary/aromatic N) is 2. The van der Waals surface area contributed by atoms with E-state index in [0.717, 1.165) is 20.1 Å². The number of anilines is 1. The number of rotatable bonds is 6. The van der Waals surface area contributed by atoms with Crippen LogP contribution in [0.2, 0.25) is 0 Å². The van der Waals surface area contributed by atoms with Gasteiger partial charge in [0.25, 0.3) is 0 Å². The summed E-state index contributed by atoms with van der Waals surface area (Å²) in [5.74, 6) is 0.474. The van der Waals surface area contributed by atoms with Crippen molar-refractivity contribution in [3.8, 4) is 5.75 Å². The molecule has 0 saturated carbocycles. The van der Waals surface area contributed by atoms with Crippen LogP contribution in [0.4, 0.5) is 5.13 Å². The molecule has 0 atom stereocenters. The molecule has 0 unspecified atom stereocenters. The van der Waals surface area contributed by atoms with E-state index in [1.165, 1.54) is 29.2 Å². The minimum Gasteiger partial charge on any atom is -0.493 e. The van der Waals surface area contributed by atoms with Crippen LogP contribution in [-0.4, -0.2) is 29.0 Å². The van der Waals surface area contributed by atoms with Gasteiger partial charge in [0.05, 0.1) is 6.61 Å². The summed E-state index contributed by atoms with van der Waals surface area (Å²) in [5.41, 5.74) is 0.827. The van der Waals surface area contributed by atoms with Gasteiger partial charge in [0.15, 0.2) is 4.34 Å². The highest BCUT2D eigenvalue weighted by Crippen LogP contribution is 2.25. The van der Waals surface area contributed by atoms with Crippen LogP contribution in [0.5, 0.6) is 5.75 Å². The Morgan fingerprint density at radius 1 is 1.50 bits per heavy atom. The maximum atomic E-state index is 11.9. The Hall–Kier alpha value is -1.38. The third-order valence-electron chi connectivity index (χ3n) is 2.50. The number of carbonyl (C=O) groups excluding carboxylic acids is 1. The summed E-state index contributed by atoms with van der Waals surface area (Å²) in [6, 6.07) is 5.65. The Morgan fingerprint density at radius 2 is 2.32 bits per heavy atom. The molecule has 0 spiro atoms. The van der Waals surface area contributed by atoms with Gasteiger partial charge in [-0.25, -0.2) is 0 Å². The van der Waals surface area contributed by atoms with Gasteiger partial charge in [0, 0.05) is 16.1 Å². The van der Waals surface area contributed by atoms with Crippen molar-refractivity contribution in [3.63, 3.8) is 0 Å². The van der Waals surface area contributed by atoms with E-state index in [4.69, 9.17) is 4.74 Å². The number of benzene rings is 1. The van der Waals surface area contributed by atoms with Crippen molar-refractivity contribution in [2.45, 2.75) is 11.3 Å². The van der Waals surface area contributed by atoms with Gasteiger partial charge in [-0.2, -0.15) is 0 Å². The van der Waals surface area contributed by atoms with E-state index in [1.807, 2.05) is 31.4 Å². The van der Waals surface area contributed by atoms with Crippen LogP contribution in [0.3, 0.4) is 0 Å². The molecule has 116 valence electrons. The topological polar surface area (TPSA) is 64.1 Å². The lowest BCUT2D eigenvalue weighted by Gasteiger charge is -2.07. The molecule has 1 aromatic carbocycles. The molecule has 0 radical (unpaired) electrons. The van der Waals surface area contributed by atoms with Crippen LogP contribution in [-0.2, 0) is 4.79 Å². The lowest BCUT2D eigenvalue weighted by atomic mass is 10.2. The molecule has 0 aliphatic rings. The van der Waals surface area contributed by atoms with E-state index in [-0.39, 0.29) is 5.91 Å². The molecule has 2 rings (SSSR count). The van der Waals surface area contributed by atoms with E-state index < -0.39 is 0 Å². The lowest BCUT2D eigenvalue weighted by Crippen LogP contribution is -2.07. The summed E-state index contributed by atoms with van der Waals surface area (Å²) in [6.45, 7) is 2.48. The average Bonchev–Trinajstić information content (AvgIpc) is 2.95. The number of nitrogens with one attached hydrogen (secondary N) is 1. The SMILES string of the molecule is CCOc1ccc(Br)cc1/C=C/C(=O)Nc1nnc(SC)s1. The average molecular weight is 400 g/mol. The fourth-order valence-corrected chi connectivity index (χ4v) is 3.14. The Kier molecular flexibility index (Phi) is 6.41. The first kappa shape index (κ1) is 17.0. The van der Waals surface area contributed by atoms with Crippen molar-refractivity contribution in [1.82, 2.24) is 10.2 Å². The van der Waals surface area contributed by atoms with E-state index in [9.17, 15) is 4.79 Å². The summed E-state index contributed by atoms with van der Waals surface area (Å²) in [5, 5.41) is 11.0. The van der Waals surface area contributed by atoms with Crippen molar-refractivity contribution in [2.24, 2.45) is 0 Å². The molecule has 5 nitrogen and oxygen atoms in total. The minimum atomic E-state index is -0.258. The number of hydrogen-bond donors (Lipinski definition) is 1. The molecule has 0 saturated heterocycles.